The highest BCUT2D eigenvalue weighted by molar-refractivity contribution is 5.39. The van der Waals surface area contributed by atoms with Gasteiger partial charge in [0.2, 0.25) is 0 Å². The van der Waals surface area contributed by atoms with E-state index in [1.807, 2.05) is 0 Å². The minimum absolute atomic E-state index is 0.238. The molecule has 0 amide bonds. The molecule has 17 heavy (non-hydrogen) atoms. The SMILES string of the molecule is CC(C)Oc1ccc2c(c1)C(C(C)C)NCC2. The van der Waals surface area contributed by atoms with Gasteiger partial charge in [-0.25, -0.2) is 0 Å². The minimum Gasteiger partial charge on any atom is -0.491 e. The standard InChI is InChI=1S/C15H23NO/c1-10(2)15-14-9-13(17-11(3)4)6-5-12(14)7-8-16-15/h5-6,9-11,15-16H,7-8H2,1-4H3. The van der Waals surface area contributed by atoms with Gasteiger partial charge in [-0.2, -0.15) is 0 Å². The normalized spacial score (nSPS) is 19.5. The molecule has 1 aliphatic heterocycles. The smallest absolute Gasteiger partial charge is 0.120 e. The summed E-state index contributed by atoms with van der Waals surface area (Å²) in [6, 6.07) is 7.01. The second kappa shape index (κ2) is 5.09. The molecule has 0 radical (unpaired) electrons. The average Bonchev–Trinajstić information content (AvgIpc) is 2.27. The van der Waals surface area contributed by atoms with E-state index >= 15 is 0 Å². The van der Waals surface area contributed by atoms with Crippen molar-refractivity contribution in [1.82, 2.24) is 5.32 Å². The first-order valence-corrected chi connectivity index (χ1v) is 6.61. The van der Waals surface area contributed by atoms with Gasteiger partial charge >= 0.3 is 0 Å². The van der Waals surface area contributed by atoms with E-state index in [9.17, 15) is 0 Å². The van der Waals surface area contributed by atoms with E-state index in [1.54, 1.807) is 0 Å². The quantitative estimate of drug-likeness (QED) is 0.864. The Bertz CT molecular complexity index is 385. The number of ether oxygens (including phenoxy) is 1. The van der Waals surface area contributed by atoms with Crippen molar-refractivity contribution in [2.75, 3.05) is 6.54 Å². The van der Waals surface area contributed by atoms with Crippen LogP contribution in [0.2, 0.25) is 0 Å². The van der Waals surface area contributed by atoms with Gasteiger partial charge in [-0.05, 0) is 56.0 Å². The number of hydrogen-bond donors (Lipinski definition) is 1. The Morgan fingerprint density at radius 2 is 2.00 bits per heavy atom. The highest BCUT2D eigenvalue weighted by Gasteiger charge is 2.22. The predicted octanol–water partition coefficient (Wildman–Crippen LogP) is 3.32. The molecule has 0 saturated heterocycles. The van der Waals surface area contributed by atoms with Gasteiger partial charge in [0.25, 0.3) is 0 Å². The molecule has 0 bridgehead atoms. The Labute approximate surface area is 104 Å². The fourth-order valence-electron chi connectivity index (χ4n) is 2.50. The predicted molar refractivity (Wildman–Crippen MR) is 71.5 cm³/mol. The van der Waals surface area contributed by atoms with E-state index in [0.717, 1.165) is 18.7 Å². The Balaban J connectivity index is 2.30. The van der Waals surface area contributed by atoms with Crippen LogP contribution in [0, 0.1) is 5.92 Å². The van der Waals surface area contributed by atoms with Crippen molar-refractivity contribution in [3.63, 3.8) is 0 Å². The van der Waals surface area contributed by atoms with Crippen LogP contribution in [0.25, 0.3) is 0 Å². The summed E-state index contributed by atoms with van der Waals surface area (Å²) in [5, 5.41) is 3.60. The highest BCUT2D eigenvalue weighted by Crippen LogP contribution is 2.31. The molecule has 0 spiro atoms. The maximum absolute atomic E-state index is 5.78. The molecule has 1 heterocycles. The zero-order chi connectivity index (χ0) is 12.4. The molecular formula is C15H23NO. The van der Waals surface area contributed by atoms with Crippen molar-refractivity contribution < 1.29 is 4.74 Å². The number of benzene rings is 1. The first kappa shape index (κ1) is 12.4. The van der Waals surface area contributed by atoms with Crippen molar-refractivity contribution in [3.8, 4) is 5.75 Å². The third kappa shape index (κ3) is 2.81. The lowest BCUT2D eigenvalue weighted by Gasteiger charge is -2.30. The molecule has 1 N–H and O–H groups in total. The second-order valence-electron chi connectivity index (χ2n) is 5.45. The highest BCUT2D eigenvalue weighted by atomic mass is 16.5. The van der Waals surface area contributed by atoms with Gasteiger partial charge in [0, 0.05) is 6.04 Å². The van der Waals surface area contributed by atoms with Gasteiger partial charge in [-0.1, -0.05) is 19.9 Å². The summed E-state index contributed by atoms with van der Waals surface area (Å²) in [6.07, 6.45) is 1.36. The van der Waals surface area contributed by atoms with Gasteiger partial charge < -0.3 is 10.1 Å². The van der Waals surface area contributed by atoms with Crippen molar-refractivity contribution >= 4 is 0 Å². The van der Waals surface area contributed by atoms with Crippen molar-refractivity contribution in [3.05, 3.63) is 29.3 Å². The first-order valence-electron chi connectivity index (χ1n) is 6.61. The van der Waals surface area contributed by atoms with Crippen molar-refractivity contribution in [2.24, 2.45) is 5.92 Å². The molecule has 0 aliphatic carbocycles. The van der Waals surface area contributed by atoms with E-state index in [-0.39, 0.29) is 6.10 Å². The van der Waals surface area contributed by atoms with Gasteiger partial charge in [0.15, 0.2) is 0 Å². The summed E-state index contributed by atoms with van der Waals surface area (Å²) in [5.41, 5.74) is 2.89. The average molecular weight is 233 g/mol. The minimum atomic E-state index is 0.238. The molecule has 0 fully saturated rings. The van der Waals surface area contributed by atoms with Crippen LogP contribution in [0.1, 0.15) is 44.9 Å². The summed E-state index contributed by atoms with van der Waals surface area (Å²) in [5.74, 6) is 1.61. The van der Waals surface area contributed by atoms with E-state index in [0.29, 0.717) is 12.0 Å². The maximum Gasteiger partial charge on any atom is 0.120 e. The van der Waals surface area contributed by atoms with E-state index in [4.69, 9.17) is 4.74 Å². The summed E-state index contributed by atoms with van der Waals surface area (Å²) in [4.78, 5) is 0. The monoisotopic (exact) mass is 233 g/mol. The van der Waals surface area contributed by atoms with E-state index < -0.39 is 0 Å². The summed E-state index contributed by atoms with van der Waals surface area (Å²) in [7, 11) is 0. The van der Waals surface area contributed by atoms with Crippen LogP contribution in [0.4, 0.5) is 0 Å². The molecule has 1 aromatic carbocycles. The van der Waals surface area contributed by atoms with Crippen LogP contribution in [0.3, 0.4) is 0 Å². The number of nitrogens with one attached hydrogen (secondary N) is 1. The molecule has 1 atom stereocenters. The molecule has 2 nitrogen and oxygen atoms in total. The zero-order valence-electron chi connectivity index (χ0n) is 11.3. The third-order valence-electron chi connectivity index (χ3n) is 3.25. The number of hydrogen-bond acceptors (Lipinski definition) is 2. The molecule has 2 rings (SSSR count). The number of rotatable bonds is 3. The Hall–Kier alpha value is -1.02. The largest absolute Gasteiger partial charge is 0.491 e. The summed E-state index contributed by atoms with van der Waals surface area (Å²) in [6.45, 7) is 9.75. The van der Waals surface area contributed by atoms with Crippen LogP contribution in [-0.2, 0) is 6.42 Å². The van der Waals surface area contributed by atoms with Crippen LogP contribution >= 0.6 is 0 Å². The Morgan fingerprint density at radius 1 is 1.24 bits per heavy atom. The van der Waals surface area contributed by atoms with Crippen LogP contribution in [0.5, 0.6) is 5.75 Å². The first-order chi connectivity index (χ1) is 8.08. The molecule has 94 valence electrons. The van der Waals surface area contributed by atoms with Crippen LogP contribution < -0.4 is 10.1 Å². The van der Waals surface area contributed by atoms with Crippen molar-refractivity contribution in [2.45, 2.75) is 46.3 Å². The van der Waals surface area contributed by atoms with Gasteiger partial charge in [0.05, 0.1) is 6.10 Å². The van der Waals surface area contributed by atoms with Crippen LogP contribution in [-0.4, -0.2) is 12.6 Å². The molecule has 0 aromatic heterocycles. The molecule has 0 saturated carbocycles. The fraction of sp³-hybridized carbons (Fsp3) is 0.600. The van der Waals surface area contributed by atoms with Gasteiger partial charge in [-0.15, -0.1) is 0 Å². The molecule has 1 unspecified atom stereocenters. The lowest BCUT2D eigenvalue weighted by Crippen LogP contribution is -2.33. The molecular weight excluding hydrogens is 210 g/mol. The maximum atomic E-state index is 5.78. The van der Waals surface area contributed by atoms with Gasteiger partial charge in [-0.3, -0.25) is 0 Å². The summed E-state index contributed by atoms with van der Waals surface area (Å²) < 4.78 is 5.78. The van der Waals surface area contributed by atoms with E-state index in [1.165, 1.54) is 11.1 Å². The van der Waals surface area contributed by atoms with E-state index in [2.05, 4.69) is 51.2 Å². The molecule has 1 aliphatic rings. The molecule has 2 heteroatoms. The lowest BCUT2D eigenvalue weighted by atomic mass is 9.88. The zero-order valence-corrected chi connectivity index (χ0v) is 11.3. The Kier molecular flexibility index (Phi) is 3.72. The van der Waals surface area contributed by atoms with Crippen molar-refractivity contribution in [1.29, 1.82) is 0 Å². The second-order valence-corrected chi connectivity index (χ2v) is 5.45. The molecule has 1 aromatic rings. The summed E-state index contributed by atoms with van der Waals surface area (Å²) >= 11 is 0. The van der Waals surface area contributed by atoms with Gasteiger partial charge in [0.1, 0.15) is 5.75 Å². The third-order valence-corrected chi connectivity index (χ3v) is 3.25. The number of fused-ring (bicyclic) bond motifs is 1. The Morgan fingerprint density at radius 3 is 2.65 bits per heavy atom. The fourth-order valence-corrected chi connectivity index (χ4v) is 2.50. The lowest BCUT2D eigenvalue weighted by molar-refractivity contribution is 0.241. The topological polar surface area (TPSA) is 21.3 Å². The van der Waals surface area contributed by atoms with Crippen LogP contribution in [0.15, 0.2) is 18.2 Å².